The number of hydrogen-bond acceptors (Lipinski definition) is 3. The molecule has 0 bridgehead atoms. The van der Waals surface area contributed by atoms with E-state index in [4.69, 9.17) is 18.0 Å². The maximum Gasteiger partial charge on any atom is 0.106 e. The number of pyridine rings is 1. The lowest BCUT2D eigenvalue weighted by atomic mass is 10.0. The van der Waals surface area contributed by atoms with E-state index in [0.717, 1.165) is 30.3 Å². The number of hydrogen-bond donors (Lipinski definition) is 1. The van der Waals surface area contributed by atoms with E-state index in [1.807, 2.05) is 12.3 Å². The molecule has 1 aliphatic rings. The molecule has 1 fully saturated rings. The third kappa shape index (κ3) is 2.94. The summed E-state index contributed by atoms with van der Waals surface area (Å²) in [4.78, 5) is 7.02. The van der Waals surface area contributed by atoms with Gasteiger partial charge in [-0.2, -0.15) is 0 Å². The zero-order valence-corrected chi connectivity index (χ0v) is 11.0. The molecule has 2 rings (SSSR count). The molecule has 0 aliphatic carbocycles. The highest BCUT2D eigenvalue weighted by molar-refractivity contribution is 7.80. The minimum absolute atomic E-state index is 0.458. The summed E-state index contributed by atoms with van der Waals surface area (Å²) >= 11 is 5.10. The van der Waals surface area contributed by atoms with Crippen molar-refractivity contribution in [2.75, 3.05) is 18.0 Å². The summed E-state index contributed by atoms with van der Waals surface area (Å²) in [5, 5.41) is 0. The zero-order valence-electron chi connectivity index (χ0n) is 10.2. The first kappa shape index (κ1) is 12.3. The third-order valence-electron chi connectivity index (χ3n) is 3.42. The van der Waals surface area contributed by atoms with Crippen LogP contribution >= 0.6 is 12.2 Å². The molecule has 1 aromatic rings. The van der Waals surface area contributed by atoms with Crippen molar-refractivity contribution in [3.63, 3.8) is 0 Å². The molecule has 1 aromatic heterocycles. The van der Waals surface area contributed by atoms with E-state index in [9.17, 15) is 0 Å². The maximum absolute atomic E-state index is 5.76. The molecular weight excluding hydrogens is 230 g/mol. The van der Waals surface area contributed by atoms with Gasteiger partial charge in [0.15, 0.2) is 0 Å². The van der Waals surface area contributed by atoms with Gasteiger partial charge in [0.2, 0.25) is 0 Å². The summed E-state index contributed by atoms with van der Waals surface area (Å²) in [6.07, 6.45) is 7.39. The Kier molecular flexibility index (Phi) is 3.94. The standard InChI is InChI=1S/C13H19N3S/c1-10-3-2-7-16(8-5-10)12-9-15-6-4-11(12)13(14)17/h4,6,9-10H,2-3,5,7-8H2,1H3,(H2,14,17). The first-order valence-corrected chi connectivity index (χ1v) is 6.58. The Morgan fingerprint density at radius 3 is 3.06 bits per heavy atom. The number of aromatic nitrogens is 1. The fourth-order valence-electron chi connectivity index (χ4n) is 2.35. The minimum Gasteiger partial charge on any atom is -0.389 e. The van der Waals surface area contributed by atoms with Crippen LogP contribution < -0.4 is 10.6 Å². The van der Waals surface area contributed by atoms with Gasteiger partial charge in [0.1, 0.15) is 4.99 Å². The van der Waals surface area contributed by atoms with Crippen LogP contribution in [0, 0.1) is 5.92 Å². The van der Waals surface area contributed by atoms with Gasteiger partial charge in [0.25, 0.3) is 0 Å². The van der Waals surface area contributed by atoms with Gasteiger partial charge >= 0.3 is 0 Å². The molecule has 0 spiro atoms. The van der Waals surface area contributed by atoms with Crippen LogP contribution in [0.3, 0.4) is 0 Å². The lowest BCUT2D eigenvalue weighted by Crippen LogP contribution is -2.27. The summed E-state index contributed by atoms with van der Waals surface area (Å²) in [5.41, 5.74) is 7.81. The fourth-order valence-corrected chi connectivity index (χ4v) is 2.52. The largest absolute Gasteiger partial charge is 0.389 e. The van der Waals surface area contributed by atoms with Crippen LogP contribution in [0.4, 0.5) is 5.69 Å². The number of nitrogens with two attached hydrogens (primary N) is 1. The molecular formula is C13H19N3S. The molecule has 17 heavy (non-hydrogen) atoms. The summed E-state index contributed by atoms with van der Waals surface area (Å²) in [6.45, 7) is 4.47. The number of thiocarbonyl (C=S) groups is 1. The summed E-state index contributed by atoms with van der Waals surface area (Å²) in [5.74, 6) is 0.810. The maximum atomic E-state index is 5.76. The summed E-state index contributed by atoms with van der Waals surface area (Å²) < 4.78 is 0. The Morgan fingerprint density at radius 2 is 2.29 bits per heavy atom. The fraction of sp³-hybridized carbons (Fsp3) is 0.538. The number of nitrogens with zero attached hydrogens (tertiary/aromatic N) is 2. The molecule has 0 saturated carbocycles. The second kappa shape index (κ2) is 5.45. The predicted octanol–water partition coefficient (Wildman–Crippen LogP) is 2.34. The van der Waals surface area contributed by atoms with Crippen molar-refractivity contribution in [3.05, 3.63) is 24.0 Å². The van der Waals surface area contributed by atoms with E-state index < -0.39 is 0 Å². The smallest absolute Gasteiger partial charge is 0.106 e. The van der Waals surface area contributed by atoms with Crippen molar-refractivity contribution in [3.8, 4) is 0 Å². The zero-order chi connectivity index (χ0) is 12.3. The van der Waals surface area contributed by atoms with Gasteiger partial charge in [-0.05, 0) is 31.2 Å². The van der Waals surface area contributed by atoms with E-state index in [2.05, 4.69) is 16.8 Å². The van der Waals surface area contributed by atoms with E-state index in [0.29, 0.717) is 4.99 Å². The van der Waals surface area contributed by atoms with Crippen molar-refractivity contribution < 1.29 is 0 Å². The molecule has 0 aromatic carbocycles. The molecule has 3 nitrogen and oxygen atoms in total. The van der Waals surface area contributed by atoms with Gasteiger partial charge in [-0.15, -0.1) is 0 Å². The Balaban J connectivity index is 2.24. The Hall–Kier alpha value is -1.16. The van der Waals surface area contributed by atoms with E-state index in [-0.39, 0.29) is 0 Å². The quantitative estimate of drug-likeness (QED) is 0.817. The molecule has 2 N–H and O–H groups in total. The molecule has 0 amide bonds. The number of rotatable bonds is 2. The van der Waals surface area contributed by atoms with Gasteiger partial charge in [-0.3, -0.25) is 4.98 Å². The van der Waals surface area contributed by atoms with Crippen molar-refractivity contribution in [1.82, 2.24) is 4.98 Å². The summed E-state index contributed by atoms with van der Waals surface area (Å²) in [6, 6.07) is 1.91. The van der Waals surface area contributed by atoms with Crippen molar-refractivity contribution in [1.29, 1.82) is 0 Å². The van der Waals surface area contributed by atoms with Crippen LogP contribution in [0.15, 0.2) is 18.5 Å². The molecule has 1 saturated heterocycles. The average Bonchev–Trinajstić information content (AvgIpc) is 2.54. The molecule has 0 radical (unpaired) electrons. The van der Waals surface area contributed by atoms with Gasteiger partial charge in [0.05, 0.1) is 11.9 Å². The molecule has 1 atom stereocenters. The van der Waals surface area contributed by atoms with E-state index >= 15 is 0 Å². The summed E-state index contributed by atoms with van der Waals surface area (Å²) in [7, 11) is 0. The number of anilines is 1. The molecule has 92 valence electrons. The Bertz CT molecular complexity index is 405. The van der Waals surface area contributed by atoms with Gasteiger partial charge in [-0.25, -0.2) is 0 Å². The lowest BCUT2D eigenvalue weighted by Gasteiger charge is -2.24. The minimum atomic E-state index is 0.458. The molecule has 1 aliphatic heterocycles. The average molecular weight is 249 g/mol. The van der Waals surface area contributed by atoms with Gasteiger partial charge in [0, 0.05) is 24.8 Å². The second-order valence-electron chi connectivity index (χ2n) is 4.78. The van der Waals surface area contributed by atoms with Crippen molar-refractivity contribution in [2.45, 2.75) is 26.2 Å². The lowest BCUT2D eigenvalue weighted by molar-refractivity contribution is 0.521. The Morgan fingerprint density at radius 1 is 1.47 bits per heavy atom. The van der Waals surface area contributed by atoms with Crippen LogP contribution in [0.1, 0.15) is 31.7 Å². The highest BCUT2D eigenvalue weighted by Gasteiger charge is 2.17. The first-order chi connectivity index (χ1) is 8.18. The van der Waals surface area contributed by atoms with Crippen LogP contribution in [0.25, 0.3) is 0 Å². The van der Waals surface area contributed by atoms with Crippen LogP contribution in [-0.2, 0) is 0 Å². The highest BCUT2D eigenvalue weighted by Crippen LogP contribution is 2.24. The normalized spacial score (nSPS) is 21.0. The van der Waals surface area contributed by atoms with Crippen LogP contribution in [0.5, 0.6) is 0 Å². The van der Waals surface area contributed by atoms with E-state index in [1.54, 1.807) is 6.20 Å². The Labute approximate surface area is 108 Å². The van der Waals surface area contributed by atoms with Crippen LogP contribution in [-0.4, -0.2) is 23.1 Å². The third-order valence-corrected chi connectivity index (χ3v) is 3.64. The van der Waals surface area contributed by atoms with Crippen LogP contribution in [0.2, 0.25) is 0 Å². The topological polar surface area (TPSA) is 42.2 Å². The van der Waals surface area contributed by atoms with Crippen molar-refractivity contribution in [2.24, 2.45) is 11.7 Å². The van der Waals surface area contributed by atoms with Gasteiger partial charge < -0.3 is 10.6 Å². The van der Waals surface area contributed by atoms with E-state index in [1.165, 1.54) is 19.3 Å². The highest BCUT2D eigenvalue weighted by atomic mass is 32.1. The first-order valence-electron chi connectivity index (χ1n) is 6.17. The second-order valence-corrected chi connectivity index (χ2v) is 5.22. The molecule has 2 heterocycles. The monoisotopic (exact) mass is 249 g/mol. The SMILES string of the molecule is CC1CCCN(c2cnccc2C(N)=S)CC1. The molecule has 4 heteroatoms. The molecule has 1 unspecified atom stereocenters. The van der Waals surface area contributed by atoms with Crippen molar-refractivity contribution >= 4 is 22.9 Å². The van der Waals surface area contributed by atoms with Gasteiger partial charge in [-0.1, -0.05) is 19.1 Å². The predicted molar refractivity (Wildman–Crippen MR) is 75.4 cm³/mol.